The Hall–Kier alpha value is -2.84. The van der Waals surface area contributed by atoms with Crippen LogP contribution in [-0.2, 0) is 5.75 Å². The predicted octanol–water partition coefficient (Wildman–Crippen LogP) is 5.94. The molecule has 8 heteroatoms. The van der Waals surface area contributed by atoms with Crippen molar-refractivity contribution < 1.29 is 9.47 Å². The monoisotopic (exact) mass is 479 g/mol. The summed E-state index contributed by atoms with van der Waals surface area (Å²) in [5.41, 5.74) is 2.71. The van der Waals surface area contributed by atoms with E-state index >= 15 is 0 Å². The highest BCUT2D eigenvalue weighted by Crippen LogP contribution is 2.37. The van der Waals surface area contributed by atoms with Crippen molar-refractivity contribution in [2.45, 2.75) is 42.6 Å². The molecule has 33 heavy (non-hydrogen) atoms. The summed E-state index contributed by atoms with van der Waals surface area (Å²) in [5, 5.41) is 4.42. The van der Waals surface area contributed by atoms with Crippen molar-refractivity contribution in [3.05, 3.63) is 63.9 Å². The van der Waals surface area contributed by atoms with Gasteiger partial charge in [0.25, 0.3) is 5.56 Å². The minimum absolute atomic E-state index is 0.0666. The van der Waals surface area contributed by atoms with Gasteiger partial charge in [0, 0.05) is 23.2 Å². The Balaban J connectivity index is 1.44. The number of hydrogen-bond donors (Lipinski definition) is 0. The summed E-state index contributed by atoms with van der Waals surface area (Å²) in [5.74, 6) is 2.12. The van der Waals surface area contributed by atoms with E-state index in [9.17, 15) is 4.79 Å². The molecule has 5 rings (SSSR count). The van der Waals surface area contributed by atoms with Crippen LogP contribution in [0, 0.1) is 0 Å². The molecule has 2 aromatic carbocycles. The molecule has 2 heterocycles. The van der Waals surface area contributed by atoms with E-state index in [0.717, 1.165) is 64.1 Å². The van der Waals surface area contributed by atoms with Gasteiger partial charge < -0.3 is 9.47 Å². The summed E-state index contributed by atoms with van der Waals surface area (Å²) < 4.78 is 12.8. The molecule has 0 saturated heterocycles. The lowest BCUT2D eigenvalue weighted by molar-refractivity contribution is 0.395. The highest BCUT2D eigenvalue weighted by atomic mass is 32.2. The van der Waals surface area contributed by atoms with Gasteiger partial charge in [0.1, 0.15) is 16.5 Å². The van der Waals surface area contributed by atoms with Crippen LogP contribution in [0.3, 0.4) is 0 Å². The van der Waals surface area contributed by atoms with Gasteiger partial charge in [-0.3, -0.25) is 9.36 Å². The molecule has 1 saturated carbocycles. The van der Waals surface area contributed by atoms with Gasteiger partial charge in [-0.25, -0.2) is 9.97 Å². The molecule has 1 aliphatic carbocycles. The molecular formula is C25H25N3O3S2. The number of para-hydroxylation sites is 1. The van der Waals surface area contributed by atoms with Crippen molar-refractivity contribution in [3.63, 3.8) is 0 Å². The standard InChI is InChI=1S/C25H25N3O3S2/c1-30-18-11-12-20(22(13-18)31-2)23-26-16(14-32-23)15-33-25-27-21-10-6-5-9-19(21)24(29)28(25)17-7-3-4-8-17/h5-6,9-14,17H,3-4,7-8,15H2,1-2H3. The van der Waals surface area contributed by atoms with E-state index in [-0.39, 0.29) is 11.6 Å². The number of rotatable bonds is 7. The molecule has 4 aromatic rings. The van der Waals surface area contributed by atoms with Crippen LogP contribution in [-0.4, -0.2) is 28.8 Å². The lowest BCUT2D eigenvalue weighted by Crippen LogP contribution is -2.26. The van der Waals surface area contributed by atoms with Gasteiger partial charge >= 0.3 is 0 Å². The molecule has 1 fully saturated rings. The molecule has 6 nitrogen and oxygen atoms in total. The zero-order chi connectivity index (χ0) is 22.8. The average Bonchev–Trinajstić information content (AvgIpc) is 3.55. The molecular weight excluding hydrogens is 454 g/mol. The topological polar surface area (TPSA) is 66.2 Å². The van der Waals surface area contributed by atoms with Gasteiger partial charge in [-0.2, -0.15) is 0 Å². The van der Waals surface area contributed by atoms with Gasteiger partial charge in [-0.05, 0) is 37.1 Å². The van der Waals surface area contributed by atoms with Crippen molar-refractivity contribution in [1.82, 2.24) is 14.5 Å². The zero-order valence-electron chi connectivity index (χ0n) is 18.6. The van der Waals surface area contributed by atoms with E-state index < -0.39 is 0 Å². The minimum Gasteiger partial charge on any atom is -0.497 e. The molecule has 2 aromatic heterocycles. The van der Waals surface area contributed by atoms with Gasteiger partial charge in [-0.15, -0.1) is 11.3 Å². The van der Waals surface area contributed by atoms with Crippen molar-refractivity contribution in [2.75, 3.05) is 14.2 Å². The zero-order valence-corrected chi connectivity index (χ0v) is 20.2. The highest BCUT2D eigenvalue weighted by Gasteiger charge is 2.23. The second-order valence-electron chi connectivity index (χ2n) is 8.02. The van der Waals surface area contributed by atoms with E-state index in [1.807, 2.05) is 47.0 Å². The van der Waals surface area contributed by atoms with Gasteiger partial charge in [0.2, 0.25) is 0 Å². The smallest absolute Gasteiger partial charge is 0.262 e. The number of hydrogen-bond acceptors (Lipinski definition) is 7. The van der Waals surface area contributed by atoms with Crippen LogP contribution in [0.2, 0.25) is 0 Å². The second kappa shape index (κ2) is 9.57. The second-order valence-corrected chi connectivity index (χ2v) is 9.82. The molecule has 0 atom stereocenters. The normalized spacial score (nSPS) is 14.1. The summed E-state index contributed by atoms with van der Waals surface area (Å²) >= 11 is 3.17. The first-order valence-corrected chi connectivity index (χ1v) is 12.9. The number of thiazole rings is 1. The lowest BCUT2D eigenvalue weighted by Gasteiger charge is -2.18. The van der Waals surface area contributed by atoms with Gasteiger partial charge in [-0.1, -0.05) is 36.7 Å². The van der Waals surface area contributed by atoms with E-state index in [4.69, 9.17) is 19.4 Å². The maximum atomic E-state index is 13.3. The summed E-state index contributed by atoms with van der Waals surface area (Å²) in [6, 6.07) is 13.6. The summed E-state index contributed by atoms with van der Waals surface area (Å²) in [4.78, 5) is 23.0. The third-order valence-electron chi connectivity index (χ3n) is 6.01. The summed E-state index contributed by atoms with van der Waals surface area (Å²) in [6.45, 7) is 0. The molecule has 0 amide bonds. The molecule has 0 N–H and O–H groups in total. The summed E-state index contributed by atoms with van der Waals surface area (Å²) in [7, 11) is 3.29. The van der Waals surface area contributed by atoms with E-state index in [1.165, 1.54) is 0 Å². The molecule has 1 aliphatic rings. The number of ether oxygens (including phenoxy) is 2. The van der Waals surface area contributed by atoms with Crippen LogP contribution in [0.5, 0.6) is 11.5 Å². The van der Waals surface area contributed by atoms with E-state index in [1.54, 1.807) is 37.3 Å². The Kier molecular flexibility index (Phi) is 6.37. The molecule has 170 valence electrons. The van der Waals surface area contributed by atoms with Crippen molar-refractivity contribution in [2.24, 2.45) is 0 Å². The Morgan fingerprint density at radius 3 is 2.70 bits per heavy atom. The third kappa shape index (κ3) is 4.37. The quantitative estimate of drug-likeness (QED) is 0.241. The molecule has 0 bridgehead atoms. The first-order valence-electron chi connectivity index (χ1n) is 11.0. The van der Waals surface area contributed by atoms with Crippen LogP contribution in [0.25, 0.3) is 21.5 Å². The fraction of sp³-hybridized carbons (Fsp3) is 0.320. The number of nitrogens with zero attached hydrogens (tertiary/aromatic N) is 3. The number of aromatic nitrogens is 3. The Morgan fingerprint density at radius 2 is 1.91 bits per heavy atom. The van der Waals surface area contributed by atoms with Crippen LogP contribution in [0.15, 0.2) is 57.8 Å². The van der Waals surface area contributed by atoms with Crippen LogP contribution in [0.4, 0.5) is 0 Å². The number of fused-ring (bicyclic) bond motifs is 1. The third-order valence-corrected chi connectivity index (χ3v) is 7.92. The average molecular weight is 480 g/mol. The fourth-order valence-corrected chi connectivity index (χ4v) is 6.24. The van der Waals surface area contributed by atoms with Crippen molar-refractivity contribution in [3.8, 4) is 22.1 Å². The largest absolute Gasteiger partial charge is 0.497 e. The lowest BCUT2D eigenvalue weighted by atomic mass is 10.2. The van der Waals surface area contributed by atoms with Crippen LogP contribution < -0.4 is 15.0 Å². The maximum absolute atomic E-state index is 13.3. The minimum atomic E-state index is 0.0666. The first kappa shape index (κ1) is 22.0. The molecule has 0 radical (unpaired) electrons. The highest BCUT2D eigenvalue weighted by molar-refractivity contribution is 7.98. The number of benzene rings is 2. The van der Waals surface area contributed by atoms with Crippen molar-refractivity contribution >= 4 is 34.0 Å². The first-order chi connectivity index (χ1) is 16.2. The number of thioether (sulfide) groups is 1. The Labute approximate surface area is 200 Å². The number of methoxy groups -OCH3 is 2. The van der Waals surface area contributed by atoms with Crippen molar-refractivity contribution in [1.29, 1.82) is 0 Å². The molecule has 0 unspecified atom stereocenters. The van der Waals surface area contributed by atoms with Crippen LogP contribution in [0.1, 0.15) is 37.4 Å². The Bertz CT molecular complexity index is 1340. The Morgan fingerprint density at radius 1 is 1.09 bits per heavy atom. The van der Waals surface area contributed by atoms with Gasteiger partial charge in [0.15, 0.2) is 5.16 Å². The van der Waals surface area contributed by atoms with Crippen LogP contribution >= 0.6 is 23.1 Å². The SMILES string of the molecule is COc1ccc(-c2nc(CSc3nc4ccccc4c(=O)n3C3CCCC3)cs2)c(OC)c1. The van der Waals surface area contributed by atoms with Gasteiger partial charge in [0.05, 0.1) is 36.4 Å². The molecule has 0 spiro atoms. The fourth-order valence-electron chi connectivity index (χ4n) is 4.32. The van der Waals surface area contributed by atoms with E-state index in [2.05, 4.69) is 5.38 Å². The maximum Gasteiger partial charge on any atom is 0.262 e. The predicted molar refractivity (Wildman–Crippen MR) is 134 cm³/mol. The van der Waals surface area contributed by atoms with E-state index in [0.29, 0.717) is 11.1 Å². The molecule has 0 aliphatic heterocycles. The summed E-state index contributed by atoms with van der Waals surface area (Å²) in [6.07, 6.45) is 4.39.